The second-order valence-corrected chi connectivity index (χ2v) is 7.32. The predicted molar refractivity (Wildman–Crippen MR) is 83.8 cm³/mol. The molecule has 0 aliphatic carbocycles. The van der Waals surface area contributed by atoms with Gasteiger partial charge in [-0.2, -0.15) is 0 Å². The zero-order chi connectivity index (χ0) is 16.6. The summed E-state index contributed by atoms with van der Waals surface area (Å²) in [5, 5.41) is 0. The average Bonchev–Trinajstić information content (AvgIpc) is 2.33. The first-order chi connectivity index (χ1) is 9.56. The molecule has 0 heterocycles. The van der Waals surface area contributed by atoms with E-state index in [1.54, 1.807) is 0 Å². The minimum absolute atomic E-state index is 0.190. The molecule has 4 nitrogen and oxygen atoms in total. The van der Waals surface area contributed by atoms with Gasteiger partial charge < -0.3 is 9.47 Å². The molecule has 0 aromatic carbocycles. The Balaban J connectivity index is 4.54. The van der Waals surface area contributed by atoms with Crippen molar-refractivity contribution in [2.75, 3.05) is 13.2 Å². The lowest BCUT2D eigenvalue weighted by Crippen LogP contribution is -2.32. The van der Waals surface area contributed by atoms with Gasteiger partial charge in [0, 0.05) is 0 Å². The third-order valence-corrected chi connectivity index (χ3v) is 3.65. The molecule has 0 saturated heterocycles. The number of esters is 2. The van der Waals surface area contributed by atoms with Gasteiger partial charge in [-0.1, -0.05) is 48.5 Å². The lowest BCUT2D eigenvalue weighted by molar-refractivity contribution is -0.152. The van der Waals surface area contributed by atoms with E-state index in [0.717, 1.165) is 0 Å². The first kappa shape index (κ1) is 19.9. The van der Waals surface area contributed by atoms with Crippen molar-refractivity contribution in [3.63, 3.8) is 0 Å². The van der Waals surface area contributed by atoms with Crippen LogP contribution in [0.4, 0.5) is 0 Å². The third kappa shape index (κ3) is 8.74. The van der Waals surface area contributed by atoms with Crippen LogP contribution < -0.4 is 0 Å². The molecule has 0 atom stereocenters. The first-order valence-electron chi connectivity index (χ1n) is 7.88. The summed E-state index contributed by atoms with van der Waals surface area (Å²) in [6.45, 7) is 14.8. The molecule has 0 amide bonds. The Hall–Kier alpha value is -1.06. The zero-order valence-electron chi connectivity index (χ0n) is 14.7. The van der Waals surface area contributed by atoms with Gasteiger partial charge in [0.05, 0.1) is 26.1 Å². The van der Waals surface area contributed by atoms with Crippen molar-refractivity contribution in [1.82, 2.24) is 0 Å². The highest BCUT2D eigenvalue weighted by Gasteiger charge is 2.35. The SMILES string of the molecule is CC(C)COC(=O)CC(C)(CC(=O)OCC(C)C)C(C)C. The van der Waals surface area contributed by atoms with Gasteiger partial charge >= 0.3 is 11.9 Å². The number of carbonyl (C=O) groups excluding carboxylic acids is 2. The van der Waals surface area contributed by atoms with Crippen molar-refractivity contribution in [2.24, 2.45) is 23.2 Å². The molecular formula is C17H32O4. The van der Waals surface area contributed by atoms with E-state index in [0.29, 0.717) is 25.0 Å². The Morgan fingerprint density at radius 3 is 1.38 bits per heavy atom. The fourth-order valence-corrected chi connectivity index (χ4v) is 1.75. The molecule has 124 valence electrons. The molecule has 0 spiro atoms. The molecule has 0 N–H and O–H groups in total. The van der Waals surface area contributed by atoms with Crippen LogP contribution in [0.5, 0.6) is 0 Å². The largest absolute Gasteiger partial charge is 0.465 e. The van der Waals surface area contributed by atoms with Gasteiger partial charge in [-0.15, -0.1) is 0 Å². The summed E-state index contributed by atoms with van der Waals surface area (Å²) in [6.07, 6.45) is 0.488. The molecule has 0 saturated carbocycles. The van der Waals surface area contributed by atoms with Crippen LogP contribution in [0.15, 0.2) is 0 Å². The maximum Gasteiger partial charge on any atom is 0.306 e. The van der Waals surface area contributed by atoms with Crippen LogP contribution in [-0.4, -0.2) is 25.2 Å². The predicted octanol–water partition coefficient (Wildman–Crippen LogP) is 3.83. The van der Waals surface area contributed by atoms with Crippen LogP contribution in [0.2, 0.25) is 0 Å². The van der Waals surface area contributed by atoms with E-state index in [1.165, 1.54) is 0 Å². The molecule has 0 aromatic heterocycles. The molecule has 0 aliphatic rings. The van der Waals surface area contributed by atoms with Crippen molar-refractivity contribution in [3.05, 3.63) is 0 Å². The van der Waals surface area contributed by atoms with Crippen LogP contribution in [0.1, 0.15) is 61.3 Å². The van der Waals surface area contributed by atoms with Crippen molar-refractivity contribution in [3.8, 4) is 0 Å². The maximum absolute atomic E-state index is 11.9. The summed E-state index contributed by atoms with van der Waals surface area (Å²) in [5.41, 5.74) is -0.428. The lowest BCUT2D eigenvalue weighted by Gasteiger charge is -2.32. The molecule has 4 heteroatoms. The Morgan fingerprint density at radius 1 is 0.810 bits per heavy atom. The number of carbonyl (C=O) groups is 2. The quantitative estimate of drug-likeness (QED) is 0.607. The van der Waals surface area contributed by atoms with Crippen LogP contribution in [-0.2, 0) is 19.1 Å². The van der Waals surface area contributed by atoms with Gasteiger partial charge in [0.15, 0.2) is 0 Å². The van der Waals surface area contributed by atoms with E-state index < -0.39 is 5.41 Å². The minimum atomic E-state index is -0.428. The fourth-order valence-electron chi connectivity index (χ4n) is 1.75. The number of rotatable bonds is 9. The highest BCUT2D eigenvalue weighted by Crippen LogP contribution is 2.35. The monoisotopic (exact) mass is 300 g/mol. The highest BCUT2D eigenvalue weighted by molar-refractivity contribution is 5.74. The summed E-state index contributed by atoms with van der Waals surface area (Å²) in [5.74, 6) is 0.342. The van der Waals surface area contributed by atoms with Gasteiger partial charge in [0.1, 0.15) is 0 Å². The molecule has 21 heavy (non-hydrogen) atoms. The Kier molecular flexibility index (Phi) is 8.60. The van der Waals surface area contributed by atoms with E-state index in [9.17, 15) is 9.59 Å². The van der Waals surface area contributed by atoms with Crippen molar-refractivity contribution >= 4 is 11.9 Å². The highest BCUT2D eigenvalue weighted by atomic mass is 16.5. The smallest absolute Gasteiger partial charge is 0.306 e. The van der Waals surface area contributed by atoms with Crippen molar-refractivity contribution in [1.29, 1.82) is 0 Å². The van der Waals surface area contributed by atoms with E-state index in [1.807, 2.05) is 48.5 Å². The summed E-state index contributed by atoms with van der Waals surface area (Å²) < 4.78 is 10.5. The fraction of sp³-hybridized carbons (Fsp3) is 0.882. The molecular weight excluding hydrogens is 268 g/mol. The Bertz CT molecular complexity index is 306. The van der Waals surface area contributed by atoms with E-state index >= 15 is 0 Å². The average molecular weight is 300 g/mol. The Morgan fingerprint density at radius 2 is 1.14 bits per heavy atom. The van der Waals surface area contributed by atoms with Gasteiger partial charge in [-0.3, -0.25) is 9.59 Å². The Labute approximate surface area is 129 Å². The van der Waals surface area contributed by atoms with Gasteiger partial charge in [-0.05, 0) is 23.2 Å². The first-order valence-corrected chi connectivity index (χ1v) is 7.88. The van der Waals surface area contributed by atoms with Crippen LogP contribution in [0, 0.1) is 23.2 Å². The van der Waals surface area contributed by atoms with Gasteiger partial charge in [-0.25, -0.2) is 0 Å². The van der Waals surface area contributed by atoms with E-state index in [2.05, 4.69) is 0 Å². The zero-order valence-corrected chi connectivity index (χ0v) is 14.7. The van der Waals surface area contributed by atoms with Crippen molar-refractivity contribution in [2.45, 2.75) is 61.3 Å². The number of hydrogen-bond donors (Lipinski definition) is 0. The minimum Gasteiger partial charge on any atom is -0.465 e. The normalized spacial score (nSPS) is 12.1. The molecule has 0 aromatic rings. The van der Waals surface area contributed by atoms with Crippen LogP contribution >= 0.6 is 0 Å². The van der Waals surface area contributed by atoms with Crippen LogP contribution in [0.25, 0.3) is 0 Å². The molecule has 0 fully saturated rings. The molecule has 0 rings (SSSR count). The standard InChI is InChI=1S/C17H32O4/c1-12(2)10-20-15(18)8-17(7,14(5)6)9-16(19)21-11-13(3)4/h12-14H,8-11H2,1-7H3. The lowest BCUT2D eigenvalue weighted by atomic mass is 9.74. The summed E-state index contributed by atoms with van der Waals surface area (Å²) in [7, 11) is 0. The molecule has 0 unspecified atom stereocenters. The van der Waals surface area contributed by atoms with E-state index in [4.69, 9.17) is 9.47 Å². The van der Waals surface area contributed by atoms with Gasteiger partial charge in [0.25, 0.3) is 0 Å². The summed E-state index contributed by atoms with van der Waals surface area (Å²) in [6, 6.07) is 0. The second kappa shape index (κ2) is 9.06. The second-order valence-electron chi connectivity index (χ2n) is 7.32. The van der Waals surface area contributed by atoms with Gasteiger partial charge in [0.2, 0.25) is 0 Å². The topological polar surface area (TPSA) is 52.6 Å². The van der Waals surface area contributed by atoms with E-state index in [-0.39, 0.29) is 30.7 Å². The van der Waals surface area contributed by atoms with Crippen LogP contribution in [0.3, 0.4) is 0 Å². The number of hydrogen-bond acceptors (Lipinski definition) is 4. The maximum atomic E-state index is 11.9. The third-order valence-electron chi connectivity index (χ3n) is 3.65. The molecule has 0 aliphatic heterocycles. The summed E-state index contributed by atoms with van der Waals surface area (Å²) >= 11 is 0. The summed E-state index contributed by atoms with van der Waals surface area (Å²) in [4.78, 5) is 23.9. The number of ether oxygens (including phenoxy) is 2. The van der Waals surface area contributed by atoms with Crippen molar-refractivity contribution < 1.29 is 19.1 Å². The molecule has 0 radical (unpaired) electrons. The molecule has 0 bridgehead atoms.